The van der Waals surface area contributed by atoms with Gasteiger partial charge >= 0.3 is 0 Å². The number of carbonyl (C=O) groups excluding carboxylic acids is 1. The first-order chi connectivity index (χ1) is 9.10. The molecule has 2 rings (SSSR count). The van der Waals surface area contributed by atoms with Crippen LogP contribution in [0.4, 0.5) is 0 Å². The molecule has 0 atom stereocenters. The van der Waals surface area contributed by atoms with Crippen molar-refractivity contribution in [3.8, 4) is 5.75 Å². The smallest absolute Gasteiger partial charge is 0.289 e. The number of rotatable bonds is 4. The number of hydrogen-bond donors (Lipinski definition) is 0. The van der Waals surface area contributed by atoms with E-state index in [2.05, 4.69) is 0 Å². The molecule has 100 valence electrons. The van der Waals surface area contributed by atoms with Crippen molar-refractivity contribution < 1.29 is 13.9 Å². The molecule has 0 aliphatic carbocycles. The van der Waals surface area contributed by atoms with E-state index in [-0.39, 0.29) is 16.9 Å². The summed E-state index contributed by atoms with van der Waals surface area (Å²) in [5, 5.41) is 0.209. The molecule has 0 fully saturated rings. The highest BCUT2D eigenvalue weighted by atomic mass is 35.5. The Bertz CT molecular complexity index is 562. The molecule has 0 N–H and O–H groups in total. The summed E-state index contributed by atoms with van der Waals surface area (Å²) in [5.41, 5.74) is 1.01. The third-order valence-corrected chi connectivity index (χ3v) is 2.91. The van der Waals surface area contributed by atoms with Gasteiger partial charge in [0.2, 0.25) is 0 Å². The first-order valence-corrected chi connectivity index (χ1v) is 6.11. The minimum absolute atomic E-state index is 0.206. The van der Waals surface area contributed by atoms with Gasteiger partial charge in [0.05, 0.1) is 7.11 Å². The van der Waals surface area contributed by atoms with Gasteiger partial charge in [-0.2, -0.15) is 0 Å². The van der Waals surface area contributed by atoms with Crippen molar-refractivity contribution in [2.75, 3.05) is 14.2 Å². The molecule has 19 heavy (non-hydrogen) atoms. The minimum atomic E-state index is -0.206. The van der Waals surface area contributed by atoms with Crippen LogP contribution in [0.25, 0.3) is 0 Å². The van der Waals surface area contributed by atoms with E-state index in [9.17, 15) is 4.79 Å². The third kappa shape index (κ3) is 3.29. The van der Waals surface area contributed by atoms with E-state index in [1.165, 1.54) is 0 Å². The number of amides is 1. The highest BCUT2D eigenvalue weighted by molar-refractivity contribution is 6.29. The summed E-state index contributed by atoms with van der Waals surface area (Å²) in [6.45, 7) is 0.487. The zero-order valence-corrected chi connectivity index (χ0v) is 11.5. The fourth-order valence-electron chi connectivity index (χ4n) is 1.69. The predicted octanol–water partition coefficient (Wildman–Crippen LogP) is 3.21. The van der Waals surface area contributed by atoms with Gasteiger partial charge in [-0.05, 0) is 41.4 Å². The Labute approximate surface area is 116 Å². The van der Waals surface area contributed by atoms with Gasteiger partial charge in [-0.3, -0.25) is 4.79 Å². The fourth-order valence-corrected chi connectivity index (χ4v) is 1.84. The average Bonchev–Trinajstić information content (AvgIpc) is 2.85. The molecular weight excluding hydrogens is 266 g/mol. The van der Waals surface area contributed by atoms with E-state index in [1.54, 1.807) is 31.2 Å². The first-order valence-electron chi connectivity index (χ1n) is 5.74. The Balaban J connectivity index is 2.03. The third-order valence-electron chi connectivity index (χ3n) is 2.71. The number of ether oxygens (including phenoxy) is 1. The zero-order valence-electron chi connectivity index (χ0n) is 10.7. The largest absolute Gasteiger partial charge is 0.497 e. The lowest BCUT2D eigenvalue weighted by Crippen LogP contribution is -2.25. The van der Waals surface area contributed by atoms with Crippen molar-refractivity contribution in [2.24, 2.45) is 0 Å². The van der Waals surface area contributed by atoms with Gasteiger partial charge < -0.3 is 14.1 Å². The van der Waals surface area contributed by atoms with Gasteiger partial charge in [0.1, 0.15) is 5.75 Å². The molecule has 5 heteroatoms. The summed E-state index contributed by atoms with van der Waals surface area (Å²) in [4.78, 5) is 13.6. The van der Waals surface area contributed by atoms with Crippen LogP contribution in [0.15, 0.2) is 40.8 Å². The summed E-state index contributed by atoms with van der Waals surface area (Å²) >= 11 is 5.65. The molecule has 1 aromatic carbocycles. The molecule has 0 unspecified atom stereocenters. The molecule has 1 heterocycles. The van der Waals surface area contributed by atoms with Gasteiger partial charge in [-0.15, -0.1) is 0 Å². The number of nitrogens with zero attached hydrogens (tertiary/aromatic N) is 1. The Morgan fingerprint density at radius 1 is 1.26 bits per heavy atom. The summed E-state index contributed by atoms with van der Waals surface area (Å²) in [6.07, 6.45) is 0. The number of furan rings is 1. The van der Waals surface area contributed by atoms with E-state index >= 15 is 0 Å². The molecule has 0 saturated carbocycles. The zero-order chi connectivity index (χ0) is 13.8. The molecular formula is C14H14ClNO3. The van der Waals surface area contributed by atoms with E-state index in [1.807, 2.05) is 24.3 Å². The van der Waals surface area contributed by atoms with E-state index in [0.717, 1.165) is 11.3 Å². The molecule has 0 spiro atoms. The van der Waals surface area contributed by atoms with Crippen molar-refractivity contribution in [1.29, 1.82) is 0 Å². The Morgan fingerprint density at radius 2 is 1.95 bits per heavy atom. The summed E-state index contributed by atoms with van der Waals surface area (Å²) in [7, 11) is 3.33. The highest BCUT2D eigenvalue weighted by Gasteiger charge is 2.15. The lowest BCUT2D eigenvalue weighted by Gasteiger charge is -2.15. The average molecular weight is 280 g/mol. The van der Waals surface area contributed by atoms with Gasteiger partial charge in [0, 0.05) is 13.6 Å². The summed E-state index contributed by atoms with van der Waals surface area (Å²) in [6, 6.07) is 10.7. The number of carbonyl (C=O) groups is 1. The Hall–Kier alpha value is -1.94. The second-order valence-corrected chi connectivity index (χ2v) is 4.49. The van der Waals surface area contributed by atoms with Crippen LogP contribution in [0.3, 0.4) is 0 Å². The maximum Gasteiger partial charge on any atom is 0.289 e. The predicted molar refractivity (Wildman–Crippen MR) is 72.5 cm³/mol. The van der Waals surface area contributed by atoms with Crippen LogP contribution >= 0.6 is 11.6 Å². The van der Waals surface area contributed by atoms with Crippen LogP contribution < -0.4 is 4.74 Å². The van der Waals surface area contributed by atoms with Crippen LogP contribution in [-0.4, -0.2) is 25.0 Å². The van der Waals surface area contributed by atoms with Crippen molar-refractivity contribution in [3.05, 3.63) is 52.9 Å². The molecule has 4 nitrogen and oxygen atoms in total. The van der Waals surface area contributed by atoms with Crippen molar-refractivity contribution >= 4 is 17.5 Å². The molecule has 0 aliphatic rings. The van der Waals surface area contributed by atoms with Crippen molar-refractivity contribution in [1.82, 2.24) is 4.90 Å². The van der Waals surface area contributed by atoms with E-state index in [4.69, 9.17) is 20.8 Å². The lowest BCUT2D eigenvalue weighted by atomic mass is 10.2. The van der Waals surface area contributed by atoms with E-state index in [0.29, 0.717) is 6.54 Å². The van der Waals surface area contributed by atoms with Crippen LogP contribution in [0.5, 0.6) is 5.75 Å². The molecule has 0 radical (unpaired) electrons. The van der Waals surface area contributed by atoms with Gasteiger partial charge in [0.25, 0.3) is 5.91 Å². The minimum Gasteiger partial charge on any atom is -0.497 e. The maximum atomic E-state index is 12.0. The standard InChI is InChI=1S/C14H14ClNO3/c1-16(14(17)12-7-8-13(15)19-12)9-10-3-5-11(18-2)6-4-10/h3-8H,9H2,1-2H3. The maximum absolute atomic E-state index is 12.0. The number of benzene rings is 1. The normalized spacial score (nSPS) is 10.3. The molecule has 0 saturated heterocycles. The van der Waals surface area contributed by atoms with Crippen LogP contribution in [0.1, 0.15) is 16.1 Å². The highest BCUT2D eigenvalue weighted by Crippen LogP contribution is 2.17. The Morgan fingerprint density at radius 3 is 2.47 bits per heavy atom. The first kappa shape index (κ1) is 13.5. The molecule has 0 bridgehead atoms. The van der Waals surface area contributed by atoms with Gasteiger partial charge in [0.15, 0.2) is 11.0 Å². The quantitative estimate of drug-likeness (QED) is 0.863. The van der Waals surface area contributed by atoms with Crippen molar-refractivity contribution in [2.45, 2.75) is 6.54 Å². The topological polar surface area (TPSA) is 42.7 Å². The Kier molecular flexibility index (Phi) is 4.12. The number of hydrogen-bond acceptors (Lipinski definition) is 3. The second-order valence-electron chi connectivity index (χ2n) is 4.11. The van der Waals surface area contributed by atoms with E-state index < -0.39 is 0 Å². The SMILES string of the molecule is COc1ccc(CN(C)C(=O)c2ccc(Cl)o2)cc1. The fraction of sp³-hybridized carbons (Fsp3) is 0.214. The van der Waals surface area contributed by atoms with Crippen molar-refractivity contribution in [3.63, 3.8) is 0 Å². The van der Waals surface area contributed by atoms with Crippen LogP contribution in [0.2, 0.25) is 5.22 Å². The molecule has 1 aromatic heterocycles. The lowest BCUT2D eigenvalue weighted by molar-refractivity contribution is 0.0753. The second kappa shape index (κ2) is 5.80. The number of halogens is 1. The van der Waals surface area contributed by atoms with Crippen LogP contribution in [0, 0.1) is 0 Å². The molecule has 1 amide bonds. The van der Waals surface area contributed by atoms with Gasteiger partial charge in [-0.25, -0.2) is 0 Å². The molecule has 0 aliphatic heterocycles. The summed E-state index contributed by atoms with van der Waals surface area (Å²) < 4.78 is 10.2. The van der Waals surface area contributed by atoms with Gasteiger partial charge in [-0.1, -0.05) is 12.1 Å². The number of methoxy groups -OCH3 is 1. The molecule has 2 aromatic rings. The summed E-state index contributed by atoms with van der Waals surface area (Å²) in [5.74, 6) is 0.819. The van der Waals surface area contributed by atoms with Crippen LogP contribution in [-0.2, 0) is 6.54 Å². The monoisotopic (exact) mass is 279 g/mol.